The minimum atomic E-state index is -4.04. The third-order valence-corrected chi connectivity index (χ3v) is 9.38. The molecule has 1 amide bonds. The monoisotopic (exact) mass is 613 g/mol. The highest BCUT2D eigenvalue weighted by Crippen LogP contribution is 2.40. The van der Waals surface area contributed by atoms with Crippen molar-refractivity contribution in [3.8, 4) is 11.5 Å². The maximum Gasteiger partial charge on any atom is 0.264 e. The first kappa shape index (κ1) is 31.3. The van der Waals surface area contributed by atoms with E-state index in [0.29, 0.717) is 31.0 Å². The Labute approximate surface area is 260 Å². The molecule has 4 aromatic carbocycles. The van der Waals surface area contributed by atoms with Gasteiger partial charge in [0, 0.05) is 19.6 Å². The molecule has 0 aromatic heterocycles. The molecule has 9 heteroatoms. The van der Waals surface area contributed by atoms with Crippen molar-refractivity contribution >= 4 is 15.9 Å². The highest BCUT2D eigenvalue weighted by molar-refractivity contribution is 7.90. The topological polar surface area (TPSA) is 88.2 Å². The fraction of sp³-hybridized carbons (Fsp3) is 0.286. The number of carbonyl (C=O) groups excluding carboxylic acids is 1. The second kappa shape index (κ2) is 14.1. The summed E-state index contributed by atoms with van der Waals surface area (Å²) >= 11 is 0. The predicted octanol–water partition coefficient (Wildman–Crippen LogP) is 4.83. The van der Waals surface area contributed by atoms with Crippen LogP contribution < -0.4 is 14.2 Å². The zero-order valence-corrected chi connectivity index (χ0v) is 26.2. The number of nitrogens with zero attached hydrogens (tertiary/aromatic N) is 2. The molecule has 44 heavy (non-hydrogen) atoms. The molecule has 0 bridgehead atoms. The second-order valence-electron chi connectivity index (χ2n) is 11.1. The van der Waals surface area contributed by atoms with Crippen molar-refractivity contribution in [1.29, 1.82) is 0 Å². The first-order valence-corrected chi connectivity index (χ1v) is 16.2. The number of amides is 1. The first-order valence-electron chi connectivity index (χ1n) is 14.7. The minimum Gasteiger partial charge on any atom is -0.493 e. The number of carbonyl (C=O) groups is 1. The molecule has 5 rings (SSSR count). The molecule has 1 unspecified atom stereocenters. The van der Waals surface area contributed by atoms with Crippen LogP contribution in [0.15, 0.2) is 102 Å². The van der Waals surface area contributed by atoms with Crippen LogP contribution in [0.5, 0.6) is 11.5 Å². The number of hydrogen-bond acceptors (Lipinski definition) is 7. The van der Waals surface area contributed by atoms with Crippen LogP contribution in [0, 0.1) is 0 Å². The molecule has 0 spiro atoms. The van der Waals surface area contributed by atoms with Gasteiger partial charge < -0.3 is 14.4 Å². The SMILES string of the molecule is COc1cc2c(cc1OC)C(c1ccccc1)N(CC(=O)NS(=O)(=O)c1ccc(CN(C)CCc3ccccc3)cc1)CC2. The van der Waals surface area contributed by atoms with Gasteiger partial charge in [-0.3, -0.25) is 9.69 Å². The fourth-order valence-corrected chi connectivity index (χ4v) is 6.73. The molecule has 0 fully saturated rings. The predicted molar refractivity (Wildman–Crippen MR) is 171 cm³/mol. The Morgan fingerprint density at radius 3 is 2.18 bits per heavy atom. The van der Waals surface area contributed by atoms with Gasteiger partial charge in [0.05, 0.1) is 31.7 Å². The maximum absolute atomic E-state index is 13.2. The number of methoxy groups -OCH3 is 2. The minimum absolute atomic E-state index is 0.0574. The lowest BCUT2D eigenvalue weighted by Crippen LogP contribution is -2.44. The summed E-state index contributed by atoms with van der Waals surface area (Å²) in [6.45, 7) is 2.05. The zero-order chi connectivity index (χ0) is 31.1. The molecule has 230 valence electrons. The van der Waals surface area contributed by atoms with Crippen LogP contribution in [0.3, 0.4) is 0 Å². The lowest BCUT2D eigenvalue weighted by atomic mass is 9.87. The number of sulfonamides is 1. The number of ether oxygens (including phenoxy) is 2. The van der Waals surface area contributed by atoms with Crippen LogP contribution in [-0.2, 0) is 34.2 Å². The smallest absolute Gasteiger partial charge is 0.264 e. The van der Waals surface area contributed by atoms with Gasteiger partial charge in [0.2, 0.25) is 5.91 Å². The summed E-state index contributed by atoms with van der Waals surface area (Å²) < 4.78 is 39.8. The fourth-order valence-electron chi connectivity index (χ4n) is 5.75. The average Bonchev–Trinajstić information content (AvgIpc) is 3.04. The first-order chi connectivity index (χ1) is 21.3. The van der Waals surface area contributed by atoms with E-state index in [-0.39, 0.29) is 17.5 Å². The second-order valence-corrected chi connectivity index (χ2v) is 12.8. The molecule has 1 N–H and O–H groups in total. The zero-order valence-electron chi connectivity index (χ0n) is 25.4. The molecule has 0 radical (unpaired) electrons. The summed E-state index contributed by atoms with van der Waals surface area (Å²) in [6, 6.07) is 30.6. The highest BCUT2D eigenvalue weighted by atomic mass is 32.2. The molecule has 0 saturated carbocycles. The van der Waals surface area contributed by atoms with E-state index < -0.39 is 15.9 Å². The Bertz CT molecular complexity index is 1660. The Morgan fingerprint density at radius 1 is 0.886 bits per heavy atom. The van der Waals surface area contributed by atoms with E-state index in [1.165, 1.54) is 5.56 Å². The van der Waals surface area contributed by atoms with Crippen LogP contribution in [0.25, 0.3) is 0 Å². The Hall–Kier alpha value is -4.18. The van der Waals surface area contributed by atoms with Gasteiger partial charge in [-0.25, -0.2) is 13.1 Å². The number of likely N-dealkylation sites (N-methyl/N-ethyl adjacent to an activating group) is 1. The van der Waals surface area contributed by atoms with Crippen LogP contribution in [0.1, 0.15) is 33.9 Å². The van der Waals surface area contributed by atoms with E-state index in [1.807, 2.05) is 72.6 Å². The molecule has 1 aliphatic heterocycles. The molecule has 1 heterocycles. The maximum atomic E-state index is 13.2. The van der Waals surface area contributed by atoms with E-state index >= 15 is 0 Å². The summed E-state index contributed by atoms with van der Waals surface area (Å²) in [4.78, 5) is 17.5. The van der Waals surface area contributed by atoms with E-state index in [1.54, 1.807) is 38.5 Å². The van der Waals surface area contributed by atoms with Crippen LogP contribution >= 0.6 is 0 Å². The van der Waals surface area contributed by atoms with Crippen molar-refractivity contribution < 1.29 is 22.7 Å². The standard InChI is InChI=1S/C35H39N3O5S/c1-37(20-18-26-10-6-4-7-11-26)24-27-14-16-30(17-15-27)44(40,41)36-34(39)25-38-21-19-29-22-32(42-2)33(43-3)23-31(29)35(38)28-12-8-5-9-13-28/h4-17,22-23,35H,18-21,24-25H2,1-3H3,(H,36,39). The van der Waals surface area contributed by atoms with Gasteiger partial charge in [-0.15, -0.1) is 0 Å². The van der Waals surface area contributed by atoms with Crippen molar-refractivity contribution in [2.24, 2.45) is 0 Å². The number of nitrogens with one attached hydrogen (secondary N) is 1. The highest BCUT2D eigenvalue weighted by Gasteiger charge is 2.32. The van der Waals surface area contributed by atoms with Crippen LogP contribution in [0.2, 0.25) is 0 Å². The lowest BCUT2D eigenvalue weighted by molar-refractivity contribution is -0.121. The Balaban J connectivity index is 1.25. The van der Waals surface area contributed by atoms with Gasteiger partial charge in [-0.1, -0.05) is 72.8 Å². The summed E-state index contributed by atoms with van der Waals surface area (Å²) in [6.07, 6.45) is 1.62. The summed E-state index contributed by atoms with van der Waals surface area (Å²) in [5, 5.41) is 0. The molecule has 1 aliphatic rings. The number of rotatable bonds is 12. The average molecular weight is 614 g/mol. The molecule has 8 nitrogen and oxygen atoms in total. The van der Waals surface area contributed by atoms with E-state index in [9.17, 15) is 13.2 Å². The van der Waals surface area contributed by atoms with Crippen LogP contribution in [0.4, 0.5) is 0 Å². The number of fused-ring (bicyclic) bond motifs is 1. The van der Waals surface area contributed by atoms with Crippen molar-refractivity contribution in [2.75, 3.05) is 40.9 Å². The van der Waals surface area contributed by atoms with Gasteiger partial charge in [-0.2, -0.15) is 0 Å². The number of benzene rings is 4. The van der Waals surface area contributed by atoms with E-state index in [0.717, 1.165) is 35.2 Å². The summed E-state index contributed by atoms with van der Waals surface area (Å²) in [5.41, 5.74) is 5.38. The van der Waals surface area contributed by atoms with Crippen molar-refractivity contribution in [1.82, 2.24) is 14.5 Å². The summed E-state index contributed by atoms with van der Waals surface area (Å²) in [5.74, 6) is 0.673. The Kier molecular flexibility index (Phi) is 9.99. The molecule has 0 aliphatic carbocycles. The normalized spacial score (nSPS) is 15.0. The molecule has 1 atom stereocenters. The largest absolute Gasteiger partial charge is 0.493 e. The van der Waals surface area contributed by atoms with Crippen molar-refractivity contribution in [3.63, 3.8) is 0 Å². The molecular formula is C35H39N3O5S. The van der Waals surface area contributed by atoms with E-state index in [2.05, 4.69) is 21.8 Å². The third-order valence-electron chi connectivity index (χ3n) is 7.99. The van der Waals surface area contributed by atoms with E-state index in [4.69, 9.17) is 9.47 Å². The lowest BCUT2D eigenvalue weighted by Gasteiger charge is -2.37. The van der Waals surface area contributed by atoms with Gasteiger partial charge >= 0.3 is 0 Å². The van der Waals surface area contributed by atoms with Crippen molar-refractivity contribution in [3.05, 3.63) is 125 Å². The van der Waals surface area contributed by atoms with Gasteiger partial charge in [0.25, 0.3) is 10.0 Å². The van der Waals surface area contributed by atoms with Gasteiger partial charge in [-0.05, 0) is 72.0 Å². The third kappa shape index (κ3) is 7.48. The van der Waals surface area contributed by atoms with Crippen LogP contribution in [-0.4, -0.2) is 65.0 Å². The van der Waals surface area contributed by atoms with Crippen molar-refractivity contribution in [2.45, 2.75) is 30.3 Å². The molecular weight excluding hydrogens is 574 g/mol. The summed E-state index contributed by atoms with van der Waals surface area (Å²) in [7, 11) is 1.21. The number of hydrogen-bond donors (Lipinski definition) is 1. The Morgan fingerprint density at radius 2 is 1.52 bits per heavy atom. The molecule has 4 aromatic rings. The quantitative estimate of drug-likeness (QED) is 0.245. The molecule has 0 saturated heterocycles. The van der Waals surface area contributed by atoms with Gasteiger partial charge in [0.15, 0.2) is 11.5 Å². The van der Waals surface area contributed by atoms with Gasteiger partial charge in [0.1, 0.15) is 0 Å².